The van der Waals surface area contributed by atoms with E-state index in [4.69, 9.17) is 0 Å². The molecule has 3 aromatic rings. The number of hydrogen-bond donors (Lipinski definition) is 0. The van der Waals surface area contributed by atoms with Crippen molar-refractivity contribution in [2.75, 3.05) is 0 Å². The Balaban J connectivity index is 0.000000121. The van der Waals surface area contributed by atoms with E-state index < -0.39 is 0 Å². The summed E-state index contributed by atoms with van der Waals surface area (Å²) in [6, 6.07) is 27.0. The highest BCUT2D eigenvalue weighted by molar-refractivity contribution is 5.56. The fourth-order valence-corrected chi connectivity index (χ4v) is 17.6. The van der Waals surface area contributed by atoms with Crippen LogP contribution in [0.4, 0.5) is 0 Å². The van der Waals surface area contributed by atoms with Gasteiger partial charge in [-0.05, 0) is 228 Å². The molecule has 12 aliphatic rings. The summed E-state index contributed by atoms with van der Waals surface area (Å²) in [5.74, 6) is 17.8. The van der Waals surface area contributed by atoms with Crippen LogP contribution < -0.4 is 0 Å². The molecule has 5 saturated carbocycles. The highest BCUT2D eigenvalue weighted by atomic mass is 14.6. The highest BCUT2D eigenvalue weighted by Gasteiger charge is 2.58. The van der Waals surface area contributed by atoms with E-state index in [1.54, 1.807) is 33.4 Å². The smallest absolute Gasteiger partial charge is 0.0124 e. The van der Waals surface area contributed by atoms with Crippen LogP contribution in [0.3, 0.4) is 0 Å². The molecule has 0 nitrogen and oxygen atoms in total. The van der Waals surface area contributed by atoms with Gasteiger partial charge in [0.1, 0.15) is 0 Å². The van der Waals surface area contributed by atoms with Gasteiger partial charge in [0, 0.05) is 11.8 Å². The molecule has 0 radical (unpaired) electrons. The molecule has 75 heavy (non-hydrogen) atoms. The molecule has 6 bridgehead atoms. The molecule has 12 aliphatic carbocycles. The van der Waals surface area contributed by atoms with Gasteiger partial charge < -0.3 is 0 Å². The van der Waals surface area contributed by atoms with Crippen molar-refractivity contribution >= 4 is 0 Å². The van der Waals surface area contributed by atoms with Crippen LogP contribution in [-0.4, -0.2) is 0 Å². The largest absolute Gasteiger partial charge is 0.0883 e. The molecule has 0 saturated heterocycles. The summed E-state index contributed by atoms with van der Waals surface area (Å²) in [5.41, 5.74) is 10.8. The molecular weight excluding hydrogens is 901 g/mol. The molecule has 0 aromatic heterocycles. The Morgan fingerprint density at radius 2 is 0.840 bits per heavy atom. The first-order chi connectivity index (χ1) is 35.8. The average molecular weight is 1010 g/mol. The molecule has 19 unspecified atom stereocenters. The van der Waals surface area contributed by atoms with Gasteiger partial charge in [-0.2, -0.15) is 0 Å². The third-order valence-electron chi connectivity index (χ3n) is 24.5. The minimum Gasteiger partial charge on any atom is -0.0883 e. The van der Waals surface area contributed by atoms with Gasteiger partial charge in [0.2, 0.25) is 0 Å². The first-order valence-corrected chi connectivity index (χ1v) is 32.1. The first-order valence-electron chi connectivity index (χ1n) is 32.1. The molecule has 5 fully saturated rings. The molecule has 0 spiro atoms. The lowest BCUT2D eigenvalue weighted by Gasteiger charge is -2.64. The van der Waals surface area contributed by atoms with Gasteiger partial charge in [-0.1, -0.05) is 226 Å². The molecular formula is C75H112. The van der Waals surface area contributed by atoms with Crippen molar-refractivity contribution in [2.24, 2.45) is 117 Å². The monoisotopic (exact) mass is 1010 g/mol. The van der Waals surface area contributed by atoms with Gasteiger partial charge in [0.15, 0.2) is 0 Å². The van der Waals surface area contributed by atoms with Crippen molar-refractivity contribution in [1.82, 2.24) is 0 Å². The maximum atomic E-state index is 2.51. The van der Waals surface area contributed by atoms with Crippen LogP contribution in [0.2, 0.25) is 0 Å². The van der Waals surface area contributed by atoms with Gasteiger partial charge in [-0.15, -0.1) is 0 Å². The summed E-state index contributed by atoms with van der Waals surface area (Å²) in [6.45, 7) is 38.4. The zero-order valence-electron chi connectivity index (χ0n) is 51.1. The number of benzene rings is 3. The lowest BCUT2D eigenvalue weighted by Crippen LogP contribution is -2.56. The van der Waals surface area contributed by atoms with Crippen LogP contribution in [0.25, 0.3) is 0 Å². The van der Waals surface area contributed by atoms with E-state index in [2.05, 4.69) is 220 Å². The molecule has 0 amide bonds. The van der Waals surface area contributed by atoms with E-state index in [9.17, 15) is 0 Å². The summed E-state index contributed by atoms with van der Waals surface area (Å²) in [4.78, 5) is 0. The van der Waals surface area contributed by atoms with Gasteiger partial charge in [-0.3, -0.25) is 0 Å². The molecule has 0 N–H and O–H groups in total. The molecule has 15 rings (SSSR count). The lowest BCUT2D eigenvalue weighted by molar-refractivity contribution is -0.150. The van der Waals surface area contributed by atoms with Crippen molar-refractivity contribution in [1.29, 1.82) is 0 Å². The summed E-state index contributed by atoms with van der Waals surface area (Å²) < 4.78 is 0. The van der Waals surface area contributed by atoms with Crippen molar-refractivity contribution in [2.45, 2.75) is 206 Å². The Hall–Kier alpha value is -3.12. The molecule has 0 heteroatoms. The quantitative estimate of drug-likeness (QED) is 0.229. The average Bonchev–Trinajstić information content (AvgIpc) is 4.05. The maximum Gasteiger partial charge on any atom is 0.0124 e. The van der Waals surface area contributed by atoms with Crippen molar-refractivity contribution in [3.05, 3.63) is 143 Å². The Bertz CT molecular complexity index is 2180. The van der Waals surface area contributed by atoms with E-state index in [0.717, 1.165) is 107 Å². The fraction of sp³-hybridized carbons (Fsp3) is 0.680. The molecule has 0 heterocycles. The van der Waals surface area contributed by atoms with Gasteiger partial charge in [-0.25, -0.2) is 0 Å². The molecule has 412 valence electrons. The summed E-state index contributed by atoms with van der Waals surface area (Å²) >= 11 is 0. The van der Waals surface area contributed by atoms with E-state index in [1.165, 1.54) is 83.5 Å². The summed E-state index contributed by atoms with van der Waals surface area (Å²) in [5, 5.41) is 0. The van der Waals surface area contributed by atoms with E-state index in [-0.39, 0.29) is 0 Å². The second-order valence-electron chi connectivity index (χ2n) is 28.8. The number of rotatable bonds is 3. The summed E-state index contributed by atoms with van der Waals surface area (Å²) in [6.07, 6.45) is 32.6. The second kappa shape index (κ2) is 24.9. The van der Waals surface area contributed by atoms with Gasteiger partial charge in [0.25, 0.3) is 0 Å². The second-order valence-corrected chi connectivity index (χ2v) is 28.8. The van der Waals surface area contributed by atoms with Crippen molar-refractivity contribution in [3.63, 3.8) is 0 Å². The van der Waals surface area contributed by atoms with E-state index in [0.29, 0.717) is 22.7 Å². The standard InChI is InChI=1S/C18H18.C13H20.C12H22.C12H16.C12H22.C8H14/c1-11-12(2)18-15-9-5-3-7-13(15)17(11)14-8-4-6-10-16(14)18;1-8-5-12-10-3-4-11(7-10)13(12)6-9(8)2;1-5-12(4)7-6-9-8-10(12)11(9,2)3;1-9-7-11-5-3-4-6-12(11)8-10(9)2;1-5-11-7-8-12(6-2)10(4)9(11)3;1-7-5-3-4-6-8(7)2/h3-12,17-18H,1-2H3;3-4,8-13H,5-7H2,1-2H3;9-10H,5-8H2,1-4H3;3-6,9-10H,7-8H2,1-2H3;7-12H,5-6H2,1-4H3;3-4,7-8H,5-6H2,1-2H3. The Morgan fingerprint density at radius 1 is 0.440 bits per heavy atom. The molecule has 19 atom stereocenters. The number of hydrogen-bond acceptors (Lipinski definition) is 0. The van der Waals surface area contributed by atoms with Crippen LogP contribution in [0.1, 0.15) is 227 Å². The fourth-order valence-electron chi connectivity index (χ4n) is 17.6. The maximum absolute atomic E-state index is 2.51. The zero-order valence-corrected chi connectivity index (χ0v) is 51.1. The minimum absolute atomic E-state index is 0.609. The Morgan fingerprint density at radius 3 is 1.17 bits per heavy atom. The predicted molar refractivity (Wildman–Crippen MR) is 327 cm³/mol. The third kappa shape index (κ3) is 12.2. The molecule has 0 aliphatic heterocycles. The third-order valence-corrected chi connectivity index (χ3v) is 24.5. The zero-order chi connectivity index (χ0) is 53.9. The Labute approximate surface area is 463 Å². The van der Waals surface area contributed by atoms with Gasteiger partial charge in [0.05, 0.1) is 0 Å². The van der Waals surface area contributed by atoms with Crippen molar-refractivity contribution in [3.8, 4) is 0 Å². The SMILES string of the molecule is CC1C2c3ccccc3C(c3ccccc32)C1C.CC1CC2C3C=CC(C3)C2CC1C.CC1CC=CCC1C.CC1Cc2ccccc2CC1C.CCC1(C)CCC2CC1C2(C)C.CCC1C=CC(CC)C(C)C1C. The van der Waals surface area contributed by atoms with Crippen molar-refractivity contribution < 1.29 is 0 Å². The topological polar surface area (TPSA) is 0 Å². The predicted octanol–water partition coefficient (Wildman–Crippen LogP) is 21.4. The van der Waals surface area contributed by atoms with Crippen LogP contribution in [-0.2, 0) is 12.8 Å². The highest BCUT2D eigenvalue weighted by Crippen LogP contribution is 2.67. The van der Waals surface area contributed by atoms with Crippen LogP contribution >= 0.6 is 0 Å². The number of allylic oxidation sites excluding steroid dienone is 6. The van der Waals surface area contributed by atoms with E-state index in [1.807, 2.05) is 0 Å². The van der Waals surface area contributed by atoms with E-state index >= 15 is 0 Å². The number of fused-ring (bicyclic) bond motifs is 9. The molecule has 3 aromatic carbocycles. The lowest BCUT2D eigenvalue weighted by atomic mass is 9.41. The minimum atomic E-state index is 0.609. The Kier molecular flexibility index (Phi) is 19.3. The van der Waals surface area contributed by atoms with Crippen LogP contribution in [0.5, 0.6) is 0 Å². The van der Waals surface area contributed by atoms with Crippen LogP contribution in [0, 0.1) is 117 Å². The first kappa shape index (κ1) is 58.0. The van der Waals surface area contributed by atoms with Crippen LogP contribution in [0.15, 0.2) is 109 Å². The summed E-state index contributed by atoms with van der Waals surface area (Å²) in [7, 11) is 0. The normalized spacial score (nSPS) is 41.0. The van der Waals surface area contributed by atoms with Gasteiger partial charge >= 0.3 is 0 Å².